The summed E-state index contributed by atoms with van der Waals surface area (Å²) < 4.78 is 8.86. The minimum atomic E-state index is -1.82. The Bertz CT molecular complexity index is 642. The quantitative estimate of drug-likeness (QED) is 0.431. The molecule has 2 N–H and O–H groups in total. The third-order valence-electron chi connectivity index (χ3n) is 3.21. The molecule has 1 aromatic heterocycles. The lowest BCUT2D eigenvalue weighted by Crippen LogP contribution is -2.25. The molecular formula is C15H20N4O4S2. The van der Waals surface area contributed by atoms with Gasteiger partial charge in [-0.3, -0.25) is 0 Å². The Balaban J connectivity index is 0.000000450. The highest BCUT2D eigenvalue weighted by Gasteiger charge is 2.17. The summed E-state index contributed by atoms with van der Waals surface area (Å²) in [6.07, 6.45) is 6.07. The van der Waals surface area contributed by atoms with E-state index in [4.69, 9.17) is 25.1 Å². The van der Waals surface area contributed by atoms with Gasteiger partial charge in [-0.2, -0.15) is 14.0 Å². The zero-order valence-corrected chi connectivity index (χ0v) is 15.5. The SMILES string of the molecule is CN1CCC=C(c2nsnc2SCCCCC#N)C1.O=C(O)C(=O)O. The Kier molecular flexibility index (Phi) is 9.76. The first kappa shape index (κ1) is 21.1. The molecule has 0 aliphatic carbocycles. The zero-order chi connectivity index (χ0) is 18.7. The van der Waals surface area contributed by atoms with Crippen molar-refractivity contribution in [3.8, 4) is 6.07 Å². The molecule has 2 heterocycles. The van der Waals surface area contributed by atoms with Gasteiger partial charge in [-0.25, -0.2) is 9.59 Å². The Hall–Kier alpha value is -1.96. The monoisotopic (exact) mass is 384 g/mol. The van der Waals surface area contributed by atoms with Crippen LogP contribution in [0.1, 0.15) is 31.4 Å². The summed E-state index contributed by atoms with van der Waals surface area (Å²) in [5, 5.41) is 24.3. The molecule has 0 unspecified atom stereocenters. The van der Waals surface area contributed by atoms with Gasteiger partial charge >= 0.3 is 11.9 Å². The molecule has 1 aliphatic heterocycles. The fourth-order valence-corrected chi connectivity index (χ4v) is 3.72. The fourth-order valence-electron chi connectivity index (χ4n) is 2.01. The summed E-state index contributed by atoms with van der Waals surface area (Å²) in [6.45, 7) is 2.09. The van der Waals surface area contributed by atoms with Gasteiger partial charge in [0.05, 0.1) is 17.8 Å². The second kappa shape index (κ2) is 11.6. The van der Waals surface area contributed by atoms with E-state index in [0.29, 0.717) is 6.42 Å². The molecule has 8 nitrogen and oxygen atoms in total. The maximum atomic E-state index is 9.10. The van der Waals surface area contributed by atoms with Crippen LogP contribution in [0.3, 0.4) is 0 Å². The molecular weight excluding hydrogens is 364 g/mol. The number of nitriles is 1. The van der Waals surface area contributed by atoms with Crippen LogP contribution < -0.4 is 0 Å². The third-order valence-corrected chi connectivity index (χ3v) is 4.90. The molecule has 0 bridgehead atoms. The van der Waals surface area contributed by atoms with E-state index in [9.17, 15) is 0 Å². The van der Waals surface area contributed by atoms with E-state index < -0.39 is 11.9 Å². The van der Waals surface area contributed by atoms with Crippen LogP contribution in [0.5, 0.6) is 0 Å². The number of aliphatic carboxylic acids is 2. The summed E-state index contributed by atoms with van der Waals surface area (Å²) >= 11 is 3.06. The number of carboxylic acid groups (broad SMARTS) is 2. The van der Waals surface area contributed by atoms with E-state index in [1.165, 1.54) is 17.3 Å². The number of likely N-dealkylation sites (N-methyl/N-ethyl adjacent to an activating group) is 1. The van der Waals surface area contributed by atoms with Crippen molar-refractivity contribution in [2.24, 2.45) is 0 Å². The van der Waals surface area contributed by atoms with Gasteiger partial charge in [0.15, 0.2) is 0 Å². The lowest BCUT2D eigenvalue weighted by molar-refractivity contribution is -0.159. The number of rotatable bonds is 6. The van der Waals surface area contributed by atoms with Crippen molar-refractivity contribution in [3.63, 3.8) is 0 Å². The van der Waals surface area contributed by atoms with Gasteiger partial charge in [0, 0.05) is 19.5 Å². The normalized spacial score (nSPS) is 14.0. The number of thioether (sulfide) groups is 1. The number of hydrogen-bond acceptors (Lipinski definition) is 8. The molecule has 0 fully saturated rings. The molecule has 0 spiro atoms. The largest absolute Gasteiger partial charge is 0.473 e. The first-order valence-corrected chi connectivity index (χ1v) is 9.33. The van der Waals surface area contributed by atoms with E-state index >= 15 is 0 Å². The van der Waals surface area contributed by atoms with E-state index in [1.807, 2.05) is 0 Å². The molecule has 1 aliphatic rings. The van der Waals surface area contributed by atoms with E-state index in [1.54, 1.807) is 11.8 Å². The van der Waals surface area contributed by atoms with Crippen molar-refractivity contribution in [1.82, 2.24) is 13.6 Å². The highest BCUT2D eigenvalue weighted by Crippen LogP contribution is 2.29. The molecule has 10 heteroatoms. The minimum absolute atomic E-state index is 0.651. The average molecular weight is 384 g/mol. The number of carbonyl (C=O) groups is 2. The molecule has 2 rings (SSSR count). The molecule has 0 radical (unpaired) electrons. The smallest absolute Gasteiger partial charge is 0.414 e. The van der Waals surface area contributed by atoms with Crippen LogP contribution in [-0.2, 0) is 9.59 Å². The summed E-state index contributed by atoms with van der Waals surface area (Å²) in [7, 11) is 2.14. The lowest BCUT2D eigenvalue weighted by Gasteiger charge is -2.22. The van der Waals surface area contributed by atoms with Gasteiger partial charge in [0.25, 0.3) is 0 Å². The van der Waals surface area contributed by atoms with Gasteiger partial charge < -0.3 is 15.1 Å². The molecule has 0 atom stereocenters. The number of unbranched alkanes of at least 4 members (excludes halogenated alkanes) is 2. The van der Waals surface area contributed by atoms with Gasteiger partial charge in [0.1, 0.15) is 10.7 Å². The molecule has 0 amide bonds. The van der Waals surface area contributed by atoms with Gasteiger partial charge in [-0.05, 0) is 37.6 Å². The van der Waals surface area contributed by atoms with Crippen LogP contribution in [0.2, 0.25) is 0 Å². The Morgan fingerprint density at radius 3 is 2.68 bits per heavy atom. The molecule has 0 saturated carbocycles. The second-order valence-electron chi connectivity index (χ2n) is 5.25. The van der Waals surface area contributed by atoms with Crippen molar-refractivity contribution in [2.45, 2.75) is 30.7 Å². The number of hydrogen-bond donors (Lipinski definition) is 2. The van der Waals surface area contributed by atoms with Crippen LogP contribution in [-0.4, -0.2) is 61.7 Å². The topological polar surface area (TPSA) is 127 Å². The second-order valence-corrected chi connectivity index (χ2v) is 6.86. The first-order valence-electron chi connectivity index (χ1n) is 7.62. The maximum Gasteiger partial charge on any atom is 0.414 e. The Labute approximate surface area is 154 Å². The fraction of sp³-hybridized carbons (Fsp3) is 0.533. The minimum Gasteiger partial charge on any atom is -0.473 e. The molecule has 0 aromatic carbocycles. The number of carboxylic acids is 2. The molecule has 136 valence electrons. The van der Waals surface area contributed by atoms with Crippen LogP contribution >= 0.6 is 23.5 Å². The highest BCUT2D eigenvalue weighted by atomic mass is 32.2. The average Bonchev–Trinajstić information content (AvgIpc) is 3.03. The summed E-state index contributed by atoms with van der Waals surface area (Å²) in [6, 6.07) is 2.18. The van der Waals surface area contributed by atoms with E-state index in [0.717, 1.165) is 48.8 Å². The van der Waals surface area contributed by atoms with Crippen molar-refractivity contribution < 1.29 is 19.8 Å². The maximum absolute atomic E-state index is 9.10. The summed E-state index contributed by atoms with van der Waals surface area (Å²) in [5.74, 6) is -2.63. The van der Waals surface area contributed by atoms with Crippen molar-refractivity contribution in [3.05, 3.63) is 11.8 Å². The summed E-state index contributed by atoms with van der Waals surface area (Å²) in [4.78, 5) is 20.5. The number of nitrogens with zero attached hydrogens (tertiary/aromatic N) is 4. The molecule has 1 aromatic rings. The predicted molar refractivity (Wildman–Crippen MR) is 95.5 cm³/mol. The van der Waals surface area contributed by atoms with Crippen molar-refractivity contribution in [1.29, 1.82) is 5.26 Å². The van der Waals surface area contributed by atoms with E-state index in [2.05, 4.69) is 32.8 Å². The van der Waals surface area contributed by atoms with Gasteiger partial charge in [-0.15, -0.1) is 11.8 Å². The van der Waals surface area contributed by atoms with Gasteiger partial charge in [0.2, 0.25) is 0 Å². The van der Waals surface area contributed by atoms with Gasteiger partial charge in [-0.1, -0.05) is 6.08 Å². The zero-order valence-electron chi connectivity index (χ0n) is 13.8. The first-order chi connectivity index (χ1) is 12.0. The Morgan fingerprint density at radius 2 is 2.08 bits per heavy atom. The molecule has 0 saturated heterocycles. The van der Waals surface area contributed by atoms with E-state index in [-0.39, 0.29) is 0 Å². The lowest BCUT2D eigenvalue weighted by atomic mass is 10.1. The third kappa shape index (κ3) is 8.11. The Morgan fingerprint density at radius 1 is 1.36 bits per heavy atom. The van der Waals surface area contributed by atoms with Crippen LogP contribution in [0, 0.1) is 11.3 Å². The van der Waals surface area contributed by atoms with Crippen LogP contribution in [0.25, 0.3) is 5.57 Å². The van der Waals surface area contributed by atoms with Crippen LogP contribution in [0.15, 0.2) is 11.1 Å². The predicted octanol–water partition coefficient (Wildman–Crippen LogP) is 2.20. The van der Waals surface area contributed by atoms with Crippen molar-refractivity contribution in [2.75, 3.05) is 25.9 Å². The highest BCUT2D eigenvalue weighted by molar-refractivity contribution is 7.99. The molecule has 25 heavy (non-hydrogen) atoms. The van der Waals surface area contributed by atoms with Crippen molar-refractivity contribution >= 4 is 41.0 Å². The number of aromatic nitrogens is 2. The van der Waals surface area contributed by atoms with Crippen LogP contribution in [0.4, 0.5) is 0 Å². The summed E-state index contributed by atoms with van der Waals surface area (Å²) in [5.41, 5.74) is 2.38. The standard InChI is InChI=1S/C13H18N4S2.C2H2O4/c1-17-8-5-6-11(10-17)12-13(16-19-15-12)18-9-4-2-3-7-14;3-1(4)2(5)6/h6H,2-5,8-10H2,1H3;(H,3,4)(H,5,6).